The smallest absolute Gasteiger partial charge is 0.121 e. The van der Waals surface area contributed by atoms with Crippen molar-refractivity contribution in [1.29, 1.82) is 0 Å². The Morgan fingerprint density at radius 2 is 2.12 bits per heavy atom. The van der Waals surface area contributed by atoms with Crippen LogP contribution in [0.5, 0.6) is 5.75 Å². The molecule has 1 aromatic rings. The van der Waals surface area contributed by atoms with Gasteiger partial charge in [-0.3, -0.25) is 0 Å². The van der Waals surface area contributed by atoms with Crippen LogP contribution in [0.4, 0.5) is 0 Å². The Bertz CT molecular complexity index is 343. The first kappa shape index (κ1) is 13.7. The van der Waals surface area contributed by atoms with Crippen molar-refractivity contribution in [3.8, 4) is 5.75 Å². The molecule has 5 heteroatoms. The zero-order chi connectivity index (χ0) is 12.1. The molecule has 0 radical (unpaired) electrons. The largest absolute Gasteiger partial charge is 0.508 e. The number of rotatable bonds is 5. The van der Waals surface area contributed by atoms with Crippen molar-refractivity contribution in [1.82, 2.24) is 0 Å². The zero-order valence-corrected chi connectivity index (χ0v) is 11.1. The Morgan fingerprint density at radius 3 is 2.69 bits per heavy atom. The number of aliphatic hydroxyl groups is 2. The summed E-state index contributed by atoms with van der Waals surface area (Å²) in [6.07, 6.45) is -1.14. The van der Waals surface area contributed by atoms with Gasteiger partial charge in [-0.1, -0.05) is 0 Å². The van der Waals surface area contributed by atoms with Gasteiger partial charge in [-0.2, -0.15) is 0 Å². The molecule has 0 unspecified atom stereocenters. The van der Waals surface area contributed by atoms with Gasteiger partial charge >= 0.3 is 0 Å². The fourth-order valence-electron chi connectivity index (χ4n) is 1.49. The van der Waals surface area contributed by atoms with Crippen molar-refractivity contribution in [3.05, 3.63) is 27.3 Å². The van der Waals surface area contributed by atoms with E-state index >= 15 is 0 Å². The summed E-state index contributed by atoms with van der Waals surface area (Å²) in [5, 5.41) is 28.5. The summed E-state index contributed by atoms with van der Waals surface area (Å²) in [5.41, 5.74) is 0.423. The van der Waals surface area contributed by atoms with E-state index in [1.807, 2.05) is 0 Å². The van der Waals surface area contributed by atoms with Gasteiger partial charge in [-0.15, -0.1) is 0 Å². The third-order valence-corrected chi connectivity index (χ3v) is 3.05. The Kier molecular flexibility index (Phi) is 5.47. The van der Waals surface area contributed by atoms with Gasteiger partial charge in [-0.05, 0) is 47.2 Å². The number of methoxy groups -OCH3 is 1. The summed E-state index contributed by atoms with van der Waals surface area (Å²) < 4.78 is 6.00. The molecule has 2 atom stereocenters. The number of halogens is 1. The van der Waals surface area contributed by atoms with Gasteiger partial charge in [0.1, 0.15) is 11.9 Å². The van der Waals surface area contributed by atoms with Crippen LogP contribution in [0.2, 0.25) is 0 Å². The number of phenols is 1. The molecule has 90 valence electrons. The van der Waals surface area contributed by atoms with Gasteiger partial charge in [-0.25, -0.2) is 0 Å². The Hall–Kier alpha value is -0.370. The van der Waals surface area contributed by atoms with E-state index < -0.39 is 12.2 Å². The molecular weight excluding hydrogens is 323 g/mol. The predicted molar refractivity (Wildman–Crippen MR) is 68.3 cm³/mol. The Balaban J connectivity index is 2.93. The highest BCUT2D eigenvalue weighted by Crippen LogP contribution is 2.30. The Labute approximate surface area is 108 Å². The maximum absolute atomic E-state index is 10.0. The SMILES string of the molecule is CO[C@H](CCO)[C@H](O)c1cc(I)ccc1O. The van der Waals surface area contributed by atoms with Crippen LogP contribution in [-0.2, 0) is 4.74 Å². The second-order valence-electron chi connectivity index (χ2n) is 3.43. The molecular formula is C11H15IO4. The van der Waals surface area contributed by atoms with E-state index in [9.17, 15) is 10.2 Å². The van der Waals surface area contributed by atoms with Crippen molar-refractivity contribution in [2.75, 3.05) is 13.7 Å². The lowest BCUT2D eigenvalue weighted by Gasteiger charge is -2.22. The maximum Gasteiger partial charge on any atom is 0.121 e. The number of aliphatic hydroxyl groups excluding tert-OH is 2. The summed E-state index contributed by atoms with van der Waals surface area (Å²) in [6.45, 7) is -0.0692. The average molecular weight is 338 g/mol. The van der Waals surface area contributed by atoms with Gasteiger partial charge in [0, 0.05) is 22.9 Å². The van der Waals surface area contributed by atoms with E-state index in [-0.39, 0.29) is 12.4 Å². The number of aromatic hydroxyl groups is 1. The van der Waals surface area contributed by atoms with Crippen molar-refractivity contribution in [2.45, 2.75) is 18.6 Å². The minimum atomic E-state index is -0.938. The van der Waals surface area contributed by atoms with E-state index in [4.69, 9.17) is 9.84 Å². The highest BCUT2D eigenvalue weighted by atomic mass is 127. The first-order chi connectivity index (χ1) is 7.60. The first-order valence-electron chi connectivity index (χ1n) is 4.90. The highest BCUT2D eigenvalue weighted by Gasteiger charge is 2.22. The van der Waals surface area contributed by atoms with Crippen LogP contribution in [0, 0.1) is 3.57 Å². The predicted octanol–water partition coefficient (Wildman–Crippen LogP) is 1.43. The molecule has 1 rings (SSSR count). The van der Waals surface area contributed by atoms with Crippen LogP contribution in [0.3, 0.4) is 0 Å². The van der Waals surface area contributed by atoms with Crippen LogP contribution in [0.15, 0.2) is 18.2 Å². The van der Waals surface area contributed by atoms with Crippen LogP contribution in [-0.4, -0.2) is 35.1 Å². The topological polar surface area (TPSA) is 69.9 Å². The second-order valence-corrected chi connectivity index (χ2v) is 4.68. The monoisotopic (exact) mass is 338 g/mol. The summed E-state index contributed by atoms with van der Waals surface area (Å²) >= 11 is 2.10. The normalized spacial score (nSPS) is 14.8. The molecule has 4 nitrogen and oxygen atoms in total. The number of ether oxygens (including phenoxy) is 1. The highest BCUT2D eigenvalue weighted by molar-refractivity contribution is 14.1. The minimum Gasteiger partial charge on any atom is -0.508 e. The van der Waals surface area contributed by atoms with Crippen LogP contribution in [0.25, 0.3) is 0 Å². The van der Waals surface area contributed by atoms with Gasteiger partial charge < -0.3 is 20.1 Å². The number of phenolic OH excluding ortho intramolecular Hbond substituents is 1. The van der Waals surface area contributed by atoms with E-state index in [0.29, 0.717) is 12.0 Å². The number of benzene rings is 1. The first-order valence-corrected chi connectivity index (χ1v) is 5.98. The zero-order valence-electron chi connectivity index (χ0n) is 8.93. The summed E-state index contributed by atoms with van der Waals surface area (Å²) in [5.74, 6) is 0.0351. The lowest BCUT2D eigenvalue weighted by Crippen LogP contribution is -2.22. The molecule has 0 heterocycles. The molecule has 16 heavy (non-hydrogen) atoms. The molecule has 0 aromatic heterocycles. The molecule has 0 aliphatic heterocycles. The van der Waals surface area contributed by atoms with Crippen LogP contribution >= 0.6 is 22.6 Å². The van der Waals surface area contributed by atoms with Crippen molar-refractivity contribution in [3.63, 3.8) is 0 Å². The Morgan fingerprint density at radius 1 is 1.44 bits per heavy atom. The van der Waals surface area contributed by atoms with E-state index in [0.717, 1.165) is 3.57 Å². The average Bonchev–Trinajstić information content (AvgIpc) is 2.28. The summed E-state index contributed by atoms with van der Waals surface area (Å²) in [6, 6.07) is 4.98. The molecule has 0 fully saturated rings. The van der Waals surface area contributed by atoms with E-state index in [2.05, 4.69) is 22.6 Å². The summed E-state index contributed by atoms with van der Waals surface area (Å²) in [7, 11) is 1.47. The van der Waals surface area contributed by atoms with Crippen molar-refractivity contribution < 1.29 is 20.1 Å². The van der Waals surface area contributed by atoms with Gasteiger partial charge in [0.15, 0.2) is 0 Å². The van der Waals surface area contributed by atoms with Crippen LogP contribution < -0.4 is 0 Å². The van der Waals surface area contributed by atoms with Crippen LogP contribution in [0.1, 0.15) is 18.1 Å². The van der Waals surface area contributed by atoms with Crippen molar-refractivity contribution >= 4 is 22.6 Å². The molecule has 1 aromatic carbocycles. The number of hydrogen-bond acceptors (Lipinski definition) is 4. The fraction of sp³-hybridized carbons (Fsp3) is 0.455. The quantitative estimate of drug-likeness (QED) is 0.711. The standard InChI is InChI=1S/C11H15IO4/c1-16-10(4-5-13)11(15)8-6-7(12)2-3-9(8)14/h2-3,6,10-11,13-15H,4-5H2,1H3/t10-,11-/m1/s1. The summed E-state index contributed by atoms with van der Waals surface area (Å²) in [4.78, 5) is 0. The molecule has 0 aliphatic carbocycles. The molecule has 0 saturated heterocycles. The molecule has 0 aliphatic rings. The van der Waals surface area contributed by atoms with Gasteiger partial charge in [0.25, 0.3) is 0 Å². The third-order valence-electron chi connectivity index (χ3n) is 2.38. The van der Waals surface area contributed by atoms with E-state index in [1.54, 1.807) is 12.1 Å². The molecule has 0 saturated carbocycles. The second kappa shape index (κ2) is 6.39. The molecule has 3 N–H and O–H groups in total. The van der Waals surface area contributed by atoms with Gasteiger partial charge in [0.2, 0.25) is 0 Å². The maximum atomic E-state index is 10.0. The molecule has 0 amide bonds. The molecule has 0 spiro atoms. The van der Waals surface area contributed by atoms with Gasteiger partial charge in [0.05, 0.1) is 6.10 Å². The molecule has 0 bridgehead atoms. The minimum absolute atomic E-state index is 0.0351. The lowest BCUT2D eigenvalue weighted by molar-refractivity contribution is -0.0262. The number of hydrogen-bond donors (Lipinski definition) is 3. The lowest BCUT2D eigenvalue weighted by atomic mass is 10.0. The fourth-order valence-corrected chi connectivity index (χ4v) is 2.01. The van der Waals surface area contributed by atoms with Crippen molar-refractivity contribution in [2.24, 2.45) is 0 Å². The third kappa shape index (κ3) is 3.31. The van der Waals surface area contributed by atoms with E-state index in [1.165, 1.54) is 13.2 Å².